The summed E-state index contributed by atoms with van der Waals surface area (Å²) >= 11 is 1.48. The second-order valence-electron chi connectivity index (χ2n) is 4.29. The van der Waals surface area contributed by atoms with E-state index in [1.54, 1.807) is 20.8 Å². The molecule has 4 nitrogen and oxygen atoms in total. The van der Waals surface area contributed by atoms with E-state index in [0.29, 0.717) is 0 Å². The van der Waals surface area contributed by atoms with Crippen molar-refractivity contribution < 1.29 is 9.53 Å². The average Bonchev–Trinajstić information content (AvgIpc) is 2.68. The van der Waals surface area contributed by atoms with Gasteiger partial charge < -0.3 is 10.1 Å². The van der Waals surface area contributed by atoms with Crippen molar-refractivity contribution in [3.63, 3.8) is 0 Å². The molecule has 0 saturated carbocycles. The number of thiophene rings is 1. The highest BCUT2D eigenvalue weighted by Gasteiger charge is 2.19. The Labute approximate surface area is 105 Å². The van der Waals surface area contributed by atoms with Crippen LogP contribution >= 0.6 is 11.3 Å². The Morgan fingerprint density at radius 2 is 2.29 bits per heavy atom. The number of nitrogens with one attached hydrogen (secondary N) is 1. The maximum absolute atomic E-state index is 11.6. The first kappa shape index (κ1) is 13.3. The van der Waals surface area contributed by atoms with E-state index in [1.165, 1.54) is 17.5 Å². The second-order valence-corrected chi connectivity index (χ2v) is 5.24. The standard InChI is InChI=1S/C12H14N2O2S/c1-12(2,3)16-11(15)9(7-13)8-14-10-5-4-6-17-10/h4-6,8,14H,1-3H3/b9-8+. The number of carbonyl (C=O) groups excluding carboxylic acids is 1. The molecule has 0 radical (unpaired) electrons. The van der Waals surface area contributed by atoms with E-state index < -0.39 is 11.6 Å². The van der Waals surface area contributed by atoms with Crippen LogP contribution in [0.5, 0.6) is 0 Å². The molecule has 0 atom stereocenters. The minimum Gasteiger partial charge on any atom is -0.456 e. The summed E-state index contributed by atoms with van der Waals surface area (Å²) in [5.74, 6) is -0.621. The number of carbonyl (C=O) groups is 1. The lowest BCUT2D eigenvalue weighted by Crippen LogP contribution is -2.24. The quantitative estimate of drug-likeness (QED) is 0.509. The summed E-state index contributed by atoms with van der Waals surface area (Å²) in [5.41, 5.74) is -0.649. The first-order valence-corrected chi connectivity index (χ1v) is 5.94. The molecule has 1 aromatic heterocycles. The van der Waals surface area contributed by atoms with E-state index >= 15 is 0 Å². The lowest BCUT2D eigenvalue weighted by molar-refractivity contribution is -0.149. The van der Waals surface area contributed by atoms with Crippen molar-refractivity contribution in [3.05, 3.63) is 29.3 Å². The molecule has 0 aliphatic heterocycles. The van der Waals surface area contributed by atoms with Crippen LogP contribution in [0.4, 0.5) is 5.00 Å². The van der Waals surface area contributed by atoms with Crippen LogP contribution in [0, 0.1) is 11.3 Å². The van der Waals surface area contributed by atoms with Crippen molar-refractivity contribution >= 4 is 22.3 Å². The van der Waals surface area contributed by atoms with Crippen LogP contribution in [0.3, 0.4) is 0 Å². The maximum Gasteiger partial charge on any atom is 0.350 e. The summed E-state index contributed by atoms with van der Waals surface area (Å²) in [4.78, 5) is 11.6. The number of ether oxygens (including phenoxy) is 1. The summed E-state index contributed by atoms with van der Waals surface area (Å²) in [6.07, 6.45) is 1.36. The maximum atomic E-state index is 11.6. The fraction of sp³-hybridized carbons (Fsp3) is 0.333. The monoisotopic (exact) mass is 250 g/mol. The number of rotatable bonds is 3. The molecule has 1 heterocycles. The van der Waals surface area contributed by atoms with Crippen molar-refractivity contribution in [2.24, 2.45) is 0 Å². The van der Waals surface area contributed by atoms with Gasteiger partial charge in [0, 0.05) is 6.20 Å². The molecule has 17 heavy (non-hydrogen) atoms. The normalized spacial score (nSPS) is 11.8. The van der Waals surface area contributed by atoms with E-state index in [2.05, 4.69) is 5.32 Å². The van der Waals surface area contributed by atoms with E-state index in [0.717, 1.165) is 5.00 Å². The third-order valence-corrected chi connectivity index (χ3v) is 2.42. The summed E-state index contributed by atoms with van der Waals surface area (Å²) in [7, 11) is 0. The Bertz CT molecular complexity index is 450. The van der Waals surface area contributed by atoms with Gasteiger partial charge in [-0.15, -0.1) is 11.3 Å². The molecule has 1 aromatic rings. The Balaban J connectivity index is 2.68. The van der Waals surface area contributed by atoms with Crippen LogP contribution in [-0.4, -0.2) is 11.6 Å². The van der Waals surface area contributed by atoms with Crippen molar-refractivity contribution in [2.45, 2.75) is 26.4 Å². The SMILES string of the molecule is CC(C)(C)OC(=O)/C(C#N)=C/Nc1cccs1. The van der Waals surface area contributed by atoms with Gasteiger partial charge >= 0.3 is 5.97 Å². The van der Waals surface area contributed by atoms with Gasteiger partial charge in [-0.05, 0) is 38.3 Å². The number of hydrogen-bond donors (Lipinski definition) is 1. The van der Waals surface area contributed by atoms with Crippen LogP contribution in [0.25, 0.3) is 0 Å². The van der Waals surface area contributed by atoms with Gasteiger partial charge in [0.15, 0.2) is 5.57 Å². The van der Waals surface area contributed by atoms with Crippen LogP contribution in [0.15, 0.2) is 29.3 Å². The molecule has 0 unspecified atom stereocenters. The second kappa shape index (κ2) is 5.51. The van der Waals surface area contributed by atoms with E-state index in [4.69, 9.17) is 10.00 Å². The molecule has 0 aliphatic rings. The van der Waals surface area contributed by atoms with Gasteiger partial charge in [0.25, 0.3) is 0 Å². The third kappa shape index (κ3) is 4.70. The fourth-order valence-electron chi connectivity index (χ4n) is 0.974. The van der Waals surface area contributed by atoms with E-state index in [1.807, 2.05) is 23.6 Å². The van der Waals surface area contributed by atoms with Gasteiger partial charge in [-0.1, -0.05) is 0 Å². The highest BCUT2D eigenvalue weighted by atomic mass is 32.1. The molecule has 0 aliphatic carbocycles. The first-order chi connectivity index (χ1) is 7.92. The lowest BCUT2D eigenvalue weighted by Gasteiger charge is -2.18. The van der Waals surface area contributed by atoms with E-state index in [-0.39, 0.29) is 5.57 Å². The molecule has 0 spiro atoms. The molecule has 90 valence electrons. The van der Waals surface area contributed by atoms with Crippen LogP contribution in [0.2, 0.25) is 0 Å². The highest BCUT2D eigenvalue weighted by Crippen LogP contribution is 2.16. The number of hydrogen-bond acceptors (Lipinski definition) is 5. The molecule has 0 fully saturated rings. The van der Waals surface area contributed by atoms with Crippen molar-refractivity contribution in [1.82, 2.24) is 0 Å². The molecular formula is C12H14N2O2S. The predicted molar refractivity (Wildman–Crippen MR) is 67.5 cm³/mol. The summed E-state index contributed by atoms with van der Waals surface area (Å²) in [6, 6.07) is 5.54. The Morgan fingerprint density at radius 3 is 2.76 bits per heavy atom. The number of anilines is 1. The van der Waals surface area contributed by atoms with Gasteiger partial charge in [-0.25, -0.2) is 4.79 Å². The topological polar surface area (TPSA) is 62.1 Å². The Morgan fingerprint density at radius 1 is 1.59 bits per heavy atom. The van der Waals surface area contributed by atoms with Gasteiger partial charge in [-0.2, -0.15) is 5.26 Å². The highest BCUT2D eigenvalue weighted by molar-refractivity contribution is 7.14. The molecule has 0 amide bonds. The molecule has 1 rings (SSSR count). The summed E-state index contributed by atoms with van der Waals surface area (Å²) in [5, 5.41) is 14.5. The van der Waals surface area contributed by atoms with Crippen molar-refractivity contribution in [3.8, 4) is 6.07 Å². The van der Waals surface area contributed by atoms with Gasteiger partial charge in [-0.3, -0.25) is 0 Å². The minimum absolute atomic E-state index is 0.0478. The molecule has 0 saturated heterocycles. The lowest BCUT2D eigenvalue weighted by atomic mass is 10.2. The van der Waals surface area contributed by atoms with Crippen LogP contribution in [-0.2, 0) is 9.53 Å². The molecular weight excluding hydrogens is 236 g/mol. The first-order valence-electron chi connectivity index (χ1n) is 5.06. The Kier molecular flexibility index (Phi) is 4.30. The average molecular weight is 250 g/mol. The molecule has 1 N–H and O–H groups in total. The zero-order valence-corrected chi connectivity index (χ0v) is 10.8. The van der Waals surface area contributed by atoms with E-state index in [9.17, 15) is 4.79 Å². The largest absolute Gasteiger partial charge is 0.456 e. The number of nitrogens with zero attached hydrogens (tertiary/aromatic N) is 1. The zero-order valence-electron chi connectivity index (χ0n) is 9.98. The Hall–Kier alpha value is -1.80. The van der Waals surface area contributed by atoms with Gasteiger partial charge in [0.1, 0.15) is 11.7 Å². The minimum atomic E-state index is -0.621. The third-order valence-electron chi connectivity index (χ3n) is 1.62. The molecule has 5 heteroatoms. The van der Waals surface area contributed by atoms with Crippen molar-refractivity contribution in [1.29, 1.82) is 5.26 Å². The molecule has 0 aromatic carbocycles. The van der Waals surface area contributed by atoms with Crippen LogP contribution in [0.1, 0.15) is 20.8 Å². The smallest absolute Gasteiger partial charge is 0.350 e. The summed E-state index contributed by atoms with van der Waals surface area (Å²) in [6.45, 7) is 5.27. The summed E-state index contributed by atoms with van der Waals surface area (Å²) < 4.78 is 5.09. The number of esters is 1. The van der Waals surface area contributed by atoms with Crippen molar-refractivity contribution in [2.75, 3.05) is 5.32 Å². The van der Waals surface area contributed by atoms with Gasteiger partial charge in [0.2, 0.25) is 0 Å². The van der Waals surface area contributed by atoms with Crippen LogP contribution < -0.4 is 5.32 Å². The molecule has 0 bridgehead atoms. The van der Waals surface area contributed by atoms with Gasteiger partial charge in [0.05, 0.1) is 5.00 Å². The zero-order chi connectivity index (χ0) is 12.9. The number of nitriles is 1. The predicted octanol–water partition coefficient (Wildman–Crippen LogP) is 2.91. The fourth-order valence-corrected chi connectivity index (χ4v) is 1.56.